The summed E-state index contributed by atoms with van der Waals surface area (Å²) in [5.74, 6) is 0. The normalized spacial score (nSPS) is 14.0. The second-order valence-electron chi connectivity index (χ2n) is 12.1. The van der Waals surface area contributed by atoms with E-state index < -0.39 is 15.6 Å². The van der Waals surface area contributed by atoms with E-state index in [4.69, 9.17) is 0 Å². The molecular formula is C39H37N4P2+. The fourth-order valence-corrected chi connectivity index (χ4v) is 13.6. The molecule has 0 spiro atoms. The summed E-state index contributed by atoms with van der Waals surface area (Å²) in [6, 6.07) is 49.6. The lowest BCUT2D eigenvalue weighted by Crippen LogP contribution is -2.39. The van der Waals surface area contributed by atoms with Gasteiger partial charge in [-0.25, -0.2) is 0 Å². The number of hydrogen-bond acceptors (Lipinski definition) is 0. The monoisotopic (exact) mass is 623 g/mol. The predicted octanol–water partition coefficient (Wildman–Crippen LogP) is 10.8. The van der Waals surface area contributed by atoms with Crippen molar-refractivity contribution >= 4 is 37.2 Å². The van der Waals surface area contributed by atoms with E-state index in [2.05, 4.69) is 184 Å². The molecule has 4 nitrogen and oxygen atoms in total. The van der Waals surface area contributed by atoms with Crippen molar-refractivity contribution in [1.29, 1.82) is 0 Å². The van der Waals surface area contributed by atoms with Crippen LogP contribution >= 0.6 is 15.6 Å². The van der Waals surface area contributed by atoms with Crippen LogP contribution in [0.5, 0.6) is 0 Å². The summed E-state index contributed by atoms with van der Waals surface area (Å²) in [6.45, 7) is 9.29. The van der Waals surface area contributed by atoms with Gasteiger partial charge in [0.25, 0.3) is 0 Å². The first-order chi connectivity index (χ1) is 22.0. The van der Waals surface area contributed by atoms with E-state index >= 15 is 0 Å². The molecule has 0 aliphatic carbocycles. The molecule has 2 atom stereocenters. The molecule has 0 saturated carbocycles. The van der Waals surface area contributed by atoms with Gasteiger partial charge >= 0.3 is 15.6 Å². The van der Waals surface area contributed by atoms with Crippen LogP contribution < -0.4 is 4.33 Å². The minimum absolute atomic E-state index is 0.235. The van der Waals surface area contributed by atoms with Crippen LogP contribution in [0.25, 0.3) is 32.9 Å². The number of rotatable bonds is 6. The average Bonchev–Trinajstić information content (AvgIpc) is 3.07. The summed E-state index contributed by atoms with van der Waals surface area (Å²) < 4.78 is 10.8. The molecule has 0 aliphatic heterocycles. The van der Waals surface area contributed by atoms with Gasteiger partial charge in [0.2, 0.25) is 0 Å². The van der Waals surface area contributed by atoms with Gasteiger partial charge in [-0.05, 0) is 95.8 Å². The molecule has 0 saturated heterocycles. The van der Waals surface area contributed by atoms with Crippen LogP contribution in [0.15, 0.2) is 140 Å². The van der Waals surface area contributed by atoms with Gasteiger partial charge in [-0.3, -0.25) is 0 Å². The van der Waals surface area contributed by atoms with E-state index in [1.165, 1.54) is 55.2 Å². The van der Waals surface area contributed by atoms with E-state index in [-0.39, 0.29) is 12.1 Å². The highest BCUT2D eigenvalue weighted by molar-refractivity contribution is 7.56. The first-order valence-corrected chi connectivity index (χ1v) is 18.1. The van der Waals surface area contributed by atoms with Crippen LogP contribution in [0.4, 0.5) is 0 Å². The van der Waals surface area contributed by atoms with Gasteiger partial charge in [-0.2, -0.15) is 16.8 Å². The van der Waals surface area contributed by atoms with Crippen molar-refractivity contribution in [2.75, 3.05) is 0 Å². The van der Waals surface area contributed by atoms with Crippen molar-refractivity contribution in [3.8, 4) is 11.4 Å². The van der Waals surface area contributed by atoms with Crippen LogP contribution in [0.3, 0.4) is 0 Å². The number of fused-ring (bicyclic) bond motifs is 4. The number of aryl methyl sites for hydroxylation is 2. The van der Waals surface area contributed by atoms with Crippen molar-refractivity contribution in [1.82, 2.24) is 12.5 Å². The van der Waals surface area contributed by atoms with Crippen molar-refractivity contribution in [3.63, 3.8) is 0 Å². The summed E-state index contributed by atoms with van der Waals surface area (Å²) in [7, 11) is -1.68. The van der Waals surface area contributed by atoms with Crippen LogP contribution in [0, 0.1) is 13.8 Å². The molecule has 2 bridgehead atoms. The Hall–Kier alpha value is -4.49. The maximum atomic E-state index is 2.82. The summed E-state index contributed by atoms with van der Waals surface area (Å²) >= 11 is 0. The molecule has 0 radical (unpaired) electrons. The van der Waals surface area contributed by atoms with Crippen LogP contribution in [-0.2, 0) is 0 Å². The smallest absolute Gasteiger partial charge is 0.191 e. The van der Waals surface area contributed by atoms with Crippen molar-refractivity contribution < 1.29 is 4.33 Å². The Morgan fingerprint density at radius 3 is 1.58 bits per heavy atom. The van der Waals surface area contributed by atoms with Gasteiger partial charge in [0.15, 0.2) is 6.33 Å². The van der Waals surface area contributed by atoms with E-state index in [0.717, 1.165) is 0 Å². The first kappa shape index (κ1) is 28.0. The average molecular weight is 624 g/mol. The number of para-hydroxylation sites is 2. The minimum atomic E-state index is -0.838. The lowest BCUT2D eigenvalue weighted by Gasteiger charge is -2.31. The van der Waals surface area contributed by atoms with Gasteiger partial charge in [-0.15, -0.1) is 0 Å². The highest BCUT2D eigenvalue weighted by Gasteiger charge is 2.38. The molecule has 0 fully saturated rings. The molecule has 0 N–H and O–H groups in total. The second-order valence-corrected chi connectivity index (χ2v) is 16.4. The third kappa shape index (κ3) is 4.64. The van der Waals surface area contributed by atoms with Gasteiger partial charge in [0.1, 0.15) is 12.1 Å². The SMILES string of the molecule is Cc1ccccc1-n1c[n+](-c2ccccc2C)p2n([C@@H](C)c3ccc4ccccc4c3)p1n2[C@@H](C)c1ccc2ccccc2c1. The number of benzene rings is 6. The zero-order valence-electron chi connectivity index (χ0n) is 26.1. The highest BCUT2D eigenvalue weighted by atomic mass is 31.2. The lowest BCUT2D eigenvalue weighted by molar-refractivity contribution is -0.530. The zero-order chi connectivity index (χ0) is 30.7. The van der Waals surface area contributed by atoms with Crippen molar-refractivity contribution in [3.05, 3.63) is 162 Å². The summed E-state index contributed by atoms with van der Waals surface area (Å²) in [4.78, 5) is 0. The largest absolute Gasteiger partial charge is 0.303 e. The Bertz CT molecular complexity index is 2180. The van der Waals surface area contributed by atoms with Crippen molar-refractivity contribution in [2.45, 2.75) is 39.8 Å². The van der Waals surface area contributed by atoms with Crippen LogP contribution in [-0.4, -0.2) is 12.5 Å². The first-order valence-electron chi connectivity index (χ1n) is 15.7. The lowest BCUT2D eigenvalue weighted by atomic mass is 10.0. The zero-order valence-corrected chi connectivity index (χ0v) is 27.9. The molecule has 3 heterocycles. The van der Waals surface area contributed by atoms with Gasteiger partial charge in [0.05, 0.1) is 11.4 Å². The fraction of sp³-hybridized carbons (Fsp3) is 0.154. The van der Waals surface area contributed by atoms with Gasteiger partial charge < -0.3 is 0 Å². The molecule has 6 aromatic carbocycles. The van der Waals surface area contributed by atoms with Gasteiger partial charge in [-0.1, -0.05) is 109 Å². The Labute approximate surface area is 266 Å². The summed E-state index contributed by atoms with van der Waals surface area (Å²) in [5, 5.41) is 5.17. The van der Waals surface area contributed by atoms with E-state index in [9.17, 15) is 0 Å². The van der Waals surface area contributed by atoms with Crippen LogP contribution in [0.2, 0.25) is 0 Å². The third-order valence-electron chi connectivity index (χ3n) is 9.27. The molecule has 0 amide bonds. The highest BCUT2D eigenvalue weighted by Crippen LogP contribution is 2.51. The second kappa shape index (κ2) is 11.1. The Morgan fingerprint density at radius 2 is 1.02 bits per heavy atom. The Kier molecular flexibility index (Phi) is 6.94. The molecule has 45 heavy (non-hydrogen) atoms. The summed E-state index contributed by atoms with van der Waals surface area (Å²) in [6.07, 6.45) is 2.41. The standard InChI is InChI=1S/C39H37N4P2/c1-28-13-5-11-19-38(28)40-27-41(39-20-12-6-14-29(39)2)45-42(30(3)34-23-21-32-15-7-9-17-36(32)25-34)44(40)43(45)31(4)35-24-22-33-16-8-10-18-37(33)26-35/h5-27,30-31H,1-4H3/q+1/t30-,31-,44?,45?/m0/s1. The number of hydrogen-bond donors (Lipinski definition) is 0. The molecule has 9 rings (SSSR count). The third-order valence-corrected chi connectivity index (χ3v) is 15.4. The maximum Gasteiger partial charge on any atom is 0.303 e. The molecular weight excluding hydrogens is 586 g/mol. The van der Waals surface area contributed by atoms with E-state index in [0.29, 0.717) is 0 Å². The molecule has 0 unspecified atom stereocenters. The Morgan fingerprint density at radius 1 is 0.533 bits per heavy atom. The topological polar surface area (TPSA) is 18.7 Å². The molecule has 3 aromatic heterocycles. The van der Waals surface area contributed by atoms with E-state index in [1.54, 1.807) is 0 Å². The number of nitrogens with zero attached hydrogens (tertiary/aromatic N) is 4. The van der Waals surface area contributed by atoms with Crippen LogP contribution in [0.1, 0.15) is 48.2 Å². The maximum absolute atomic E-state index is 2.82. The molecule has 6 heteroatoms. The van der Waals surface area contributed by atoms with Crippen molar-refractivity contribution in [2.24, 2.45) is 0 Å². The predicted molar refractivity (Wildman–Crippen MR) is 191 cm³/mol. The minimum Gasteiger partial charge on any atom is -0.191 e. The van der Waals surface area contributed by atoms with E-state index in [1.807, 2.05) is 0 Å². The summed E-state index contributed by atoms with van der Waals surface area (Å²) in [5.41, 5.74) is 7.84. The number of aromatic nitrogens is 4. The fourth-order valence-electron chi connectivity index (χ4n) is 6.67. The Balaban J connectivity index is 1.43. The molecule has 0 aliphatic rings. The molecule has 222 valence electrons. The van der Waals surface area contributed by atoms with Gasteiger partial charge in [0, 0.05) is 0 Å². The quantitative estimate of drug-likeness (QED) is 0.176. The molecule has 9 aromatic rings.